The Bertz CT molecular complexity index is 901. The van der Waals surface area contributed by atoms with Crippen LogP contribution in [0.2, 0.25) is 0 Å². The average Bonchev–Trinajstić information content (AvgIpc) is 2.54. The zero-order chi connectivity index (χ0) is 17.8. The molecule has 0 saturated carbocycles. The number of anilines is 3. The molecule has 0 saturated heterocycles. The van der Waals surface area contributed by atoms with Crippen LogP contribution in [0.25, 0.3) is 0 Å². The lowest BCUT2D eigenvalue weighted by Crippen LogP contribution is -2.14. The van der Waals surface area contributed by atoms with Gasteiger partial charge in [-0.3, -0.25) is 4.79 Å². The van der Waals surface area contributed by atoms with E-state index in [-0.39, 0.29) is 5.91 Å². The van der Waals surface area contributed by atoms with Gasteiger partial charge in [-0.1, -0.05) is 18.2 Å². The second kappa shape index (κ2) is 7.13. The molecule has 2 aromatic carbocycles. The molecular weight excluding hydrogens is 312 g/mol. The lowest BCUT2D eigenvalue weighted by atomic mass is 10.1. The average molecular weight is 332 g/mol. The minimum atomic E-state index is -0.267. The van der Waals surface area contributed by atoms with Gasteiger partial charge >= 0.3 is 0 Å². The fourth-order valence-corrected chi connectivity index (χ4v) is 2.66. The summed E-state index contributed by atoms with van der Waals surface area (Å²) in [6.07, 6.45) is 1.39. The predicted octanol–water partition coefficient (Wildman–Crippen LogP) is 4.40. The van der Waals surface area contributed by atoms with Crippen molar-refractivity contribution in [3.05, 3.63) is 77.2 Å². The van der Waals surface area contributed by atoms with Crippen molar-refractivity contribution in [3.8, 4) is 0 Å². The van der Waals surface area contributed by atoms with E-state index >= 15 is 0 Å². The van der Waals surface area contributed by atoms with Crippen LogP contribution in [-0.2, 0) is 0 Å². The molecule has 5 heteroatoms. The van der Waals surface area contributed by atoms with Crippen molar-refractivity contribution in [2.45, 2.75) is 20.8 Å². The first-order chi connectivity index (χ1) is 12.0. The summed E-state index contributed by atoms with van der Waals surface area (Å²) in [6.45, 7) is 6.06. The highest BCUT2D eigenvalue weighted by atomic mass is 16.1. The van der Waals surface area contributed by atoms with Crippen LogP contribution >= 0.6 is 0 Å². The molecule has 0 atom stereocenters. The van der Waals surface area contributed by atoms with Gasteiger partial charge < -0.3 is 10.6 Å². The van der Waals surface area contributed by atoms with Crippen LogP contribution in [0.3, 0.4) is 0 Å². The standard InChI is InChI=1S/C20H20N4O/c1-13-5-4-6-16(8-13)24-20(25)18-11-19(22-12-21-18)23-17-9-14(2)7-15(3)10-17/h4-12H,1-3H3,(H,24,25)(H,21,22,23). The van der Waals surface area contributed by atoms with Gasteiger partial charge in [0.25, 0.3) is 5.91 Å². The predicted molar refractivity (Wildman–Crippen MR) is 100 cm³/mol. The molecule has 126 valence electrons. The number of nitrogens with one attached hydrogen (secondary N) is 2. The number of nitrogens with zero attached hydrogens (tertiary/aromatic N) is 2. The van der Waals surface area contributed by atoms with Crippen molar-refractivity contribution in [2.24, 2.45) is 0 Å². The SMILES string of the molecule is Cc1cccc(NC(=O)c2cc(Nc3cc(C)cc(C)c3)ncn2)c1. The molecule has 0 aliphatic carbocycles. The van der Waals surface area contributed by atoms with Gasteiger partial charge in [0.1, 0.15) is 17.8 Å². The summed E-state index contributed by atoms with van der Waals surface area (Å²) >= 11 is 0. The van der Waals surface area contributed by atoms with Crippen LogP contribution in [-0.4, -0.2) is 15.9 Å². The summed E-state index contributed by atoms with van der Waals surface area (Å²) in [6, 6.07) is 15.4. The molecule has 5 nitrogen and oxygen atoms in total. The Morgan fingerprint density at radius 3 is 2.28 bits per heavy atom. The molecule has 3 rings (SSSR count). The molecule has 0 aliphatic rings. The summed E-state index contributed by atoms with van der Waals surface area (Å²) in [7, 11) is 0. The van der Waals surface area contributed by atoms with Gasteiger partial charge in [0.05, 0.1) is 0 Å². The van der Waals surface area contributed by atoms with E-state index in [1.54, 1.807) is 6.07 Å². The molecule has 1 aromatic heterocycles. The Kier molecular flexibility index (Phi) is 4.75. The Hall–Kier alpha value is -3.21. The molecule has 0 radical (unpaired) electrons. The van der Waals surface area contributed by atoms with E-state index < -0.39 is 0 Å². The molecule has 0 fully saturated rings. The zero-order valence-electron chi connectivity index (χ0n) is 14.5. The third kappa shape index (κ3) is 4.41. The lowest BCUT2D eigenvalue weighted by Gasteiger charge is -2.09. The summed E-state index contributed by atoms with van der Waals surface area (Å²) in [5, 5.41) is 6.07. The fourth-order valence-electron chi connectivity index (χ4n) is 2.66. The number of carbonyl (C=O) groups excluding carboxylic acids is 1. The molecule has 0 aliphatic heterocycles. The van der Waals surface area contributed by atoms with E-state index in [1.165, 1.54) is 6.33 Å². The van der Waals surface area contributed by atoms with Crippen LogP contribution in [0.15, 0.2) is 54.9 Å². The largest absolute Gasteiger partial charge is 0.340 e. The van der Waals surface area contributed by atoms with E-state index in [4.69, 9.17) is 0 Å². The first-order valence-corrected chi connectivity index (χ1v) is 8.05. The molecule has 1 amide bonds. The summed E-state index contributed by atoms with van der Waals surface area (Å²) in [5.74, 6) is 0.311. The number of benzene rings is 2. The van der Waals surface area contributed by atoms with Crippen molar-refractivity contribution in [1.82, 2.24) is 9.97 Å². The van der Waals surface area contributed by atoms with Gasteiger partial charge in [0, 0.05) is 17.4 Å². The first kappa shape index (κ1) is 16.6. The second-order valence-electron chi connectivity index (χ2n) is 6.11. The molecular formula is C20H20N4O. The number of aryl methyl sites for hydroxylation is 3. The van der Waals surface area contributed by atoms with Crippen molar-refractivity contribution in [1.29, 1.82) is 0 Å². The summed E-state index contributed by atoms with van der Waals surface area (Å²) < 4.78 is 0. The monoisotopic (exact) mass is 332 g/mol. The molecule has 3 aromatic rings. The Morgan fingerprint density at radius 1 is 0.840 bits per heavy atom. The van der Waals surface area contributed by atoms with Gasteiger partial charge in [0.15, 0.2) is 0 Å². The highest BCUT2D eigenvalue weighted by molar-refractivity contribution is 6.03. The van der Waals surface area contributed by atoms with Crippen LogP contribution < -0.4 is 10.6 Å². The van der Waals surface area contributed by atoms with Gasteiger partial charge in [-0.2, -0.15) is 0 Å². The number of hydrogen-bond acceptors (Lipinski definition) is 4. The van der Waals surface area contributed by atoms with Crippen LogP contribution in [0, 0.1) is 20.8 Å². The van der Waals surface area contributed by atoms with Crippen molar-refractivity contribution in [2.75, 3.05) is 10.6 Å². The molecule has 0 unspecified atom stereocenters. The summed E-state index contributed by atoms with van der Waals surface area (Å²) in [4.78, 5) is 20.7. The van der Waals surface area contributed by atoms with Crippen molar-refractivity contribution < 1.29 is 4.79 Å². The third-order valence-corrected chi connectivity index (χ3v) is 3.67. The normalized spacial score (nSPS) is 10.4. The van der Waals surface area contributed by atoms with Gasteiger partial charge in [-0.15, -0.1) is 0 Å². The van der Waals surface area contributed by atoms with Gasteiger partial charge in [-0.25, -0.2) is 9.97 Å². The molecule has 2 N–H and O–H groups in total. The quantitative estimate of drug-likeness (QED) is 0.743. The minimum Gasteiger partial charge on any atom is -0.340 e. The van der Waals surface area contributed by atoms with E-state index in [2.05, 4.69) is 26.7 Å². The van der Waals surface area contributed by atoms with Gasteiger partial charge in [0.2, 0.25) is 0 Å². The molecule has 1 heterocycles. The number of rotatable bonds is 4. The maximum absolute atomic E-state index is 12.4. The Balaban J connectivity index is 1.77. The van der Waals surface area contributed by atoms with E-state index in [0.717, 1.165) is 28.1 Å². The maximum Gasteiger partial charge on any atom is 0.274 e. The van der Waals surface area contributed by atoms with Crippen molar-refractivity contribution >= 4 is 23.1 Å². The first-order valence-electron chi connectivity index (χ1n) is 8.05. The topological polar surface area (TPSA) is 66.9 Å². The molecule has 0 spiro atoms. The van der Waals surface area contributed by atoms with Crippen LogP contribution in [0.5, 0.6) is 0 Å². The number of carbonyl (C=O) groups is 1. The Labute approximate surface area is 147 Å². The summed E-state index contributed by atoms with van der Waals surface area (Å²) in [5.41, 5.74) is 5.39. The van der Waals surface area contributed by atoms with Gasteiger partial charge in [-0.05, 0) is 61.7 Å². The van der Waals surface area contributed by atoms with E-state index in [1.807, 2.05) is 57.2 Å². The smallest absolute Gasteiger partial charge is 0.274 e. The third-order valence-electron chi connectivity index (χ3n) is 3.67. The maximum atomic E-state index is 12.4. The van der Waals surface area contributed by atoms with E-state index in [0.29, 0.717) is 11.5 Å². The van der Waals surface area contributed by atoms with Crippen LogP contribution in [0.1, 0.15) is 27.2 Å². The number of hydrogen-bond donors (Lipinski definition) is 2. The van der Waals surface area contributed by atoms with Crippen LogP contribution in [0.4, 0.5) is 17.2 Å². The minimum absolute atomic E-state index is 0.267. The zero-order valence-corrected chi connectivity index (χ0v) is 14.5. The highest BCUT2D eigenvalue weighted by Gasteiger charge is 2.10. The number of amides is 1. The van der Waals surface area contributed by atoms with E-state index in [9.17, 15) is 4.79 Å². The molecule has 25 heavy (non-hydrogen) atoms. The highest BCUT2D eigenvalue weighted by Crippen LogP contribution is 2.19. The Morgan fingerprint density at radius 2 is 1.56 bits per heavy atom. The van der Waals surface area contributed by atoms with Crippen molar-refractivity contribution in [3.63, 3.8) is 0 Å². The number of aromatic nitrogens is 2. The lowest BCUT2D eigenvalue weighted by molar-refractivity contribution is 0.102. The fraction of sp³-hybridized carbons (Fsp3) is 0.150. The second-order valence-corrected chi connectivity index (χ2v) is 6.11. The molecule has 0 bridgehead atoms.